The quantitative estimate of drug-likeness (QED) is 0.648. The molecule has 0 spiro atoms. The van der Waals surface area contributed by atoms with E-state index in [4.69, 9.17) is 5.14 Å². The molecule has 1 aliphatic rings. The molecule has 7 nitrogen and oxygen atoms in total. The highest BCUT2D eigenvalue weighted by atomic mass is 32.2. The zero-order chi connectivity index (χ0) is 12.5. The number of H-pyrrole nitrogens is 1. The summed E-state index contributed by atoms with van der Waals surface area (Å²) in [5.41, 5.74) is -0.236. The van der Waals surface area contributed by atoms with E-state index < -0.39 is 10.0 Å². The van der Waals surface area contributed by atoms with Crippen LogP contribution < -0.4 is 16.0 Å². The molecule has 0 unspecified atom stereocenters. The van der Waals surface area contributed by atoms with Crippen LogP contribution in [0.25, 0.3) is 0 Å². The van der Waals surface area contributed by atoms with Crippen molar-refractivity contribution in [2.45, 2.75) is 18.8 Å². The number of aromatic amines is 1. The molecule has 2 rings (SSSR count). The Balaban J connectivity index is 2.03. The first-order chi connectivity index (χ1) is 7.94. The number of primary sulfonamides is 1. The van der Waals surface area contributed by atoms with E-state index in [1.54, 1.807) is 0 Å². The van der Waals surface area contributed by atoms with Gasteiger partial charge in [-0.05, 0) is 12.8 Å². The minimum atomic E-state index is -3.49. The number of hydrogen-bond donors (Lipinski definition) is 3. The van der Waals surface area contributed by atoms with Gasteiger partial charge in [-0.25, -0.2) is 18.5 Å². The van der Waals surface area contributed by atoms with Gasteiger partial charge >= 0.3 is 0 Å². The summed E-state index contributed by atoms with van der Waals surface area (Å²) in [6.07, 6.45) is 2.06. The molecule has 1 saturated carbocycles. The van der Waals surface area contributed by atoms with Gasteiger partial charge in [0.05, 0.1) is 5.75 Å². The highest BCUT2D eigenvalue weighted by Gasteiger charge is 2.26. The third-order valence-corrected chi connectivity index (χ3v) is 3.19. The Bertz CT molecular complexity index is 562. The fourth-order valence-electron chi connectivity index (χ4n) is 1.44. The van der Waals surface area contributed by atoms with Crippen molar-refractivity contribution in [3.63, 3.8) is 0 Å². The summed E-state index contributed by atoms with van der Waals surface area (Å²) in [5.74, 6) is 1.19. The third-order valence-electron chi connectivity index (χ3n) is 2.42. The lowest BCUT2D eigenvalue weighted by Gasteiger charge is -2.05. The van der Waals surface area contributed by atoms with Crippen molar-refractivity contribution in [2.24, 2.45) is 5.14 Å². The molecule has 0 radical (unpaired) electrons. The molecular formula is C9H14N4O3S. The second-order valence-corrected chi connectivity index (χ2v) is 5.82. The van der Waals surface area contributed by atoms with Crippen molar-refractivity contribution in [2.75, 3.05) is 17.6 Å². The minimum absolute atomic E-state index is 0.138. The minimum Gasteiger partial charge on any atom is -0.369 e. The molecule has 8 heteroatoms. The predicted octanol–water partition coefficient (Wildman–Crippen LogP) is -0.652. The molecule has 1 aromatic rings. The lowest BCUT2D eigenvalue weighted by molar-refractivity contribution is 0.598. The first-order valence-corrected chi connectivity index (χ1v) is 7.01. The SMILES string of the molecule is NS(=O)(=O)CCNc1cc(=O)[nH]c(C2CC2)n1. The van der Waals surface area contributed by atoms with Gasteiger partial charge in [0.1, 0.15) is 11.6 Å². The maximum absolute atomic E-state index is 11.3. The van der Waals surface area contributed by atoms with Crippen LogP contribution in [0.3, 0.4) is 0 Å². The lowest BCUT2D eigenvalue weighted by atomic mass is 10.4. The first-order valence-electron chi connectivity index (χ1n) is 5.30. The standard InChI is InChI=1S/C9H14N4O3S/c10-17(15,16)4-3-11-7-5-8(14)13-9(12-7)6-1-2-6/h5-6H,1-4H2,(H2,10,15,16)(H2,11,12,13,14). The molecule has 1 aliphatic carbocycles. The Morgan fingerprint density at radius 2 is 2.24 bits per heavy atom. The van der Waals surface area contributed by atoms with Gasteiger partial charge in [0.25, 0.3) is 5.56 Å². The zero-order valence-electron chi connectivity index (χ0n) is 9.14. The predicted molar refractivity (Wildman–Crippen MR) is 63.3 cm³/mol. The van der Waals surface area contributed by atoms with E-state index in [1.165, 1.54) is 6.07 Å². The molecule has 94 valence electrons. The van der Waals surface area contributed by atoms with E-state index >= 15 is 0 Å². The largest absolute Gasteiger partial charge is 0.369 e. The molecule has 17 heavy (non-hydrogen) atoms. The monoisotopic (exact) mass is 258 g/mol. The Hall–Kier alpha value is -1.41. The lowest BCUT2D eigenvalue weighted by Crippen LogP contribution is -2.23. The Labute approximate surface area is 98.5 Å². The Morgan fingerprint density at radius 1 is 1.53 bits per heavy atom. The molecular weight excluding hydrogens is 244 g/mol. The van der Waals surface area contributed by atoms with Crippen molar-refractivity contribution in [1.82, 2.24) is 9.97 Å². The topological polar surface area (TPSA) is 118 Å². The molecule has 1 aromatic heterocycles. The summed E-state index contributed by atoms with van der Waals surface area (Å²) in [7, 11) is -3.49. The highest BCUT2D eigenvalue weighted by molar-refractivity contribution is 7.89. The maximum Gasteiger partial charge on any atom is 0.252 e. The van der Waals surface area contributed by atoms with Crippen LogP contribution in [0.4, 0.5) is 5.82 Å². The van der Waals surface area contributed by atoms with E-state index in [9.17, 15) is 13.2 Å². The van der Waals surface area contributed by atoms with Gasteiger partial charge in [-0.15, -0.1) is 0 Å². The van der Waals surface area contributed by atoms with E-state index in [1.807, 2.05) is 0 Å². The van der Waals surface area contributed by atoms with E-state index in [0.29, 0.717) is 17.6 Å². The van der Waals surface area contributed by atoms with E-state index in [-0.39, 0.29) is 17.9 Å². The second-order valence-electron chi connectivity index (χ2n) is 4.08. The van der Waals surface area contributed by atoms with Gasteiger partial charge in [-0.2, -0.15) is 0 Å². The van der Waals surface area contributed by atoms with Crippen LogP contribution in [0.5, 0.6) is 0 Å². The van der Waals surface area contributed by atoms with Crippen molar-refractivity contribution < 1.29 is 8.42 Å². The van der Waals surface area contributed by atoms with Crippen molar-refractivity contribution >= 4 is 15.8 Å². The first kappa shape index (κ1) is 12.1. The number of hydrogen-bond acceptors (Lipinski definition) is 5. The number of nitrogens with two attached hydrogens (primary N) is 1. The summed E-state index contributed by atoms with van der Waals surface area (Å²) in [4.78, 5) is 18.2. The Morgan fingerprint density at radius 3 is 2.82 bits per heavy atom. The molecule has 4 N–H and O–H groups in total. The van der Waals surface area contributed by atoms with Crippen LogP contribution >= 0.6 is 0 Å². The summed E-state index contributed by atoms with van der Waals surface area (Å²) in [5, 5.41) is 7.64. The summed E-state index contributed by atoms with van der Waals surface area (Å²) in [6, 6.07) is 1.30. The van der Waals surface area contributed by atoms with Crippen molar-refractivity contribution in [1.29, 1.82) is 0 Å². The van der Waals surface area contributed by atoms with Gasteiger partial charge in [0.15, 0.2) is 0 Å². The smallest absolute Gasteiger partial charge is 0.252 e. The molecule has 1 heterocycles. The fourth-order valence-corrected chi connectivity index (χ4v) is 1.83. The van der Waals surface area contributed by atoms with E-state index in [2.05, 4.69) is 15.3 Å². The molecule has 0 aromatic carbocycles. The zero-order valence-corrected chi connectivity index (χ0v) is 9.96. The number of anilines is 1. The third kappa shape index (κ3) is 3.82. The molecule has 0 atom stereocenters. The molecule has 0 bridgehead atoms. The molecule has 0 aliphatic heterocycles. The van der Waals surface area contributed by atoms with Crippen LogP contribution in [0, 0.1) is 0 Å². The van der Waals surface area contributed by atoms with Crippen molar-refractivity contribution in [3.8, 4) is 0 Å². The summed E-state index contributed by atoms with van der Waals surface area (Å²) < 4.78 is 21.4. The normalized spacial score (nSPS) is 15.8. The average molecular weight is 258 g/mol. The number of sulfonamides is 1. The van der Waals surface area contributed by atoms with Gasteiger partial charge in [-0.3, -0.25) is 4.79 Å². The number of aromatic nitrogens is 2. The highest BCUT2D eigenvalue weighted by Crippen LogP contribution is 2.37. The number of nitrogens with zero attached hydrogens (tertiary/aromatic N) is 1. The van der Waals surface area contributed by atoms with Crippen LogP contribution in [0.1, 0.15) is 24.6 Å². The average Bonchev–Trinajstić information content (AvgIpc) is 2.97. The van der Waals surface area contributed by atoms with Crippen LogP contribution in [-0.4, -0.2) is 30.7 Å². The van der Waals surface area contributed by atoms with E-state index in [0.717, 1.165) is 12.8 Å². The molecule has 1 fully saturated rings. The molecule has 0 amide bonds. The van der Waals surface area contributed by atoms with Gasteiger partial charge in [0, 0.05) is 18.5 Å². The number of nitrogens with one attached hydrogen (secondary N) is 2. The second kappa shape index (κ2) is 4.46. The van der Waals surface area contributed by atoms with Gasteiger partial charge < -0.3 is 10.3 Å². The summed E-state index contributed by atoms with van der Waals surface area (Å²) in [6.45, 7) is 0.138. The fraction of sp³-hybridized carbons (Fsp3) is 0.556. The van der Waals surface area contributed by atoms with Crippen LogP contribution in [0.2, 0.25) is 0 Å². The summed E-state index contributed by atoms with van der Waals surface area (Å²) >= 11 is 0. The molecule has 0 saturated heterocycles. The van der Waals surface area contributed by atoms with Crippen molar-refractivity contribution in [3.05, 3.63) is 22.2 Å². The van der Waals surface area contributed by atoms with Gasteiger partial charge in [0.2, 0.25) is 10.0 Å². The maximum atomic E-state index is 11.3. The number of rotatable bonds is 5. The Kier molecular flexibility index (Phi) is 3.16. The van der Waals surface area contributed by atoms with Crippen LogP contribution in [0.15, 0.2) is 10.9 Å². The van der Waals surface area contributed by atoms with Crippen LogP contribution in [-0.2, 0) is 10.0 Å². The van der Waals surface area contributed by atoms with Gasteiger partial charge in [-0.1, -0.05) is 0 Å².